The maximum Gasteiger partial charge on any atom is 0.225 e. The summed E-state index contributed by atoms with van der Waals surface area (Å²) in [6.07, 6.45) is 4.60. The lowest BCUT2D eigenvalue weighted by molar-refractivity contribution is -0.138. The van der Waals surface area contributed by atoms with Crippen LogP contribution in [0.1, 0.15) is 32.1 Å². The average Bonchev–Trinajstić information content (AvgIpc) is 2.46. The Bertz CT molecular complexity index is 444. The van der Waals surface area contributed by atoms with Crippen molar-refractivity contribution in [1.82, 2.24) is 9.62 Å². The maximum absolute atomic E-state index is 12.2. The van der Waals surface area contributed by atoms with E-state index in [2.05, 4.69) is 4.72 Å². The summed E-state index contributed by atoms with van der Waals surface area (Å²) in [6, 6.07) is 0. The van der Waals surface area contributed by atoms with Gasteiger partial charge in [0.15, 0.2) is 0 Å². The molecule has 1 saturated carbocycles. The number of fused-ring (bicyclic) bond motifs is 1. The molecule has 102 valence electrons. The zero-order chi connectivity index (χ0) is 12.8. The Balaban J connectivity index is 1.67. The molecular formula is C12H20N2O3S. The third-order valence-corrected chi connectivity index (χ3v) is 6.68. The van der Waals surface area contributed by atoms with Gasteiger partial charge in [-0.1, -0.05) is 6.42 Å². The van der Waals surface area contributed by atoms with Crippen LogP contribution >= 0.6 is 0 Å². The Morgan fingerprint density at radius 1 is 1.11 bits per heavy atom. The van der Waals surface area contributed by atoms with Crippen LogP contribution < -0.4 is 4.72 Å². The number of amides is 1. The molecule has 0 aromatic heterocycles. The largest absolute Gasteiger partial charge is 0.342 e. The Morgan fingerprint density at radius 2 is 1.83 bits per heavy atom. The molecular weight excluding hydrogens is 252 g/mol. The van der Waals surface area contributed by atoms with E-state index >= 15 is 0 Å². The summed E-state index contributed by atoms with van der Waals surface area (Å²) >= 11 is 0. The van der Waals surface area contributed by atoms with Crippen molar-refractivity contribution in [2.45, 2.75) is 37.4 Å². The van der Waals surface area contributed by atoms with E-state index in [1.165, 1.54) is 0 Å². The van der Waals surface area contributed by atoms with Crippen molar-refractivity contribution in [2.75, 3.05) is 19.6 Å². The summed E-state index contributed by atoms with van der Waals surface area (Å²) in [6.45, 7) is 1.89. The number of nitrogens with one attached hydrogen (secondary N) is 1. The van der Waals surface area contributed by atoms with Gasteiger partial charge in [-0.25, -0.2) is 13.1 Å². The minimum atomic E-state index is -3.12. The fourth-order valence-corrected chi connectivity index (χ4v) is 5.06. The molecule has 18 heavy (non-hydrogen) atoms. The molecule has 2 aliphatic heterocycles. The Hall–Kier alpha value is -0.620. The van der Waals surface area contributed by atoms with Crippen LogP contribution in [0, 0.1) is 11.8 Å². The van der Waals surface area contributed by atoms with E-state index in [1.54, 1.807) is 0 Å². The van der Waals surface area contributed by atoms with E-state index in [-0.39, 0.29) is 23.0 Å². The molecule has 0 radical (unpaired) electrons. The summed E-state index contributed by atoms with van der Waals surface area (Å²) in [5.41, 5.74) is 0. The van der Waals surface area contributed by atoms with Crippen molar-refractivity contribution in [2.24, 2.45) is 11.8 Å². The zero-order valence-corrected chi connectivity index (χ0v) is 11.3. The number of hydrogen-bond donors (Lipinski definition) is 1. The molecule has 0 spiro atoms. The van der Waals surface area contributed by atoms with Crippen LogP contribution in [0.15, 0.2) is 0 Å². The molecule has 2 heterocycles. The molecule has 3 aliphatic rings. The van der Waals surface area contributed by atoms with Crippen LogP contribution in [0.3, 0.4) is 0 Å². The minimum absolute atomic E-state index is 0.189. The topological polar surface area (TPSA) is 66.5 Å². The predicted molar refractivity (Wildman–Crippen MR) is 67.4 cm³/mol. The van der Waals surface area contributed by atoms with E-state index in [0.29, 0.717) is 19.5 Å². The lowest BCUT2D eigenvalue weighted by Gasteiger charge is -2.31. The number of carbonyl (C=O) groups excluding carboxylic acids is 1. The highest BCUT2D eigenvalue weighted by Crippen LogP contribution is 2.32. The third kappa shape index (κ3) is 2.05. The summed E-state index contributed by atoms with van der Waals surface area (Å²) < 4.78 is 26.2. The first-order chi connectivity index (χ1) is 8.58. The molecule has 0 bridgehead atoms. The second-order valence-electron chi connectivity index (χ2n) is 5.72. The fourth-order valence-electron chi connectivity index (χ4n) is 3.24. The van der Waals surface area contributed by atoms with Crippen molar-refractivity contribution >= 4 is 15.9 Å². The van der Waals surface area contributed by atoms with Crippen LogP contribution in [0.2, 0.25) is 0 Å². The SMILES string of the molecule is O=C(C1CCC1)N1CC[C@@H]2CNS(=O)(=O)[C@@H]2CC1. The summed E-state index contributed by atoms with van der Waals surface area (Å²) in [5.74, 6) is 0.665. The summed E-state index contributed by atoms with van der Waals surface area (Å²) in [5, 5.41) is -0.281. The summed E-state index contributed by atoms with van der Waals surface area (Å²) in [7, 11) is -3.12. The molecule has 0 aromatic rings. The van der Waals surface area contributed by atoms with Gasteiger partial charge in [-0.05, 0) is 31.6 Å². The minimum Gasteiger partial charge on any atom is -0.342 e. The second-order valence-corrected chi connectivity index (χ2v) is 7.71. The number of carbonyl (C=O) groups is 1. The fraction of sp³-hybridized carbons (Fsp3) is 0.917. The number of sulfonamides is 1. The Morgan fingerprint density at radius 3 is 2.50 bits per heavy atom. The number of nitrogens with zero attached hydrogens (tertiary/aromatic N) is 1. The smallest absolute Gasteiger partial charge is 0.225 e. The molecule has 6 heteroatoms. The Labute approximate surface area is 108 Å². The molecule has 2 atom stereocenters. The molecule has 2 saturated heterocycles. The van der Waals surface area contributed by atoms with E-state index in [1.807, 2.05) is 4.90 Å². The average molecular weight is 272 g/mol. The van der Waals surface area contributed by atoms with Crippen LogP contribution in [-0.2, 0) is 14.8 Å². The van der Waals surface area contributed by atoms with Crippen LogP contribution in [0.25, 0.3) is 0 Å². The maximum atomic E-state index is 12.2. The third-order valence-electron chi connectivity index (χ3n) is 4.69. The first-order valence-corrected chi connectivity index (χ1v) is 8.40. The van der Waals surface area contributed by atoms with Crippen molar-refractivity contribution in [3.8, 4) is 0 Å². The Kier molecular flexibility index (Phi) is 3.10. The first kappa shape index (κ1) is 12.4. The van der Waals surface area contributed by atoms with Gasteiger partial charge >= 0.3 is 0 Å². The predicted octanol–water partition coefficient (Wildman–Crippen LogP) is 0.327. The number of hydrogen-bond acceptors (Lipinski definition) is 3. The lowest BCUT2D eigenvalue weighted by atomic mass is 9.84. The molecule has 1 N–H and O–H groups in total. The quantitative estimate of drug-likeness (QED) is 0.748. The van der Waals surface area contributed by atoms with Gasteiger partial charge in [0.05, 0.1) is 5.25 Å². The summed E-state index contributed by atoms with van der Waals surface area (Å²) in [4.78, 5) is 14.1. The second kappa shape index (κ2) is 4.49. The van der Waals surface area contributed by atoms with Gasteiger partial charge in [0.25, 0.3) is 0 Å². The van der Waals surface area contributed by atoms with Crippen molar-refractivity contribution in [3.63, 3.8) is 0 Å². The molecule has 3 fully saturated rings. The molecule has 0 aromatic carbocycles. The molecule has 5 nitrogen and oxygen atoms in total. The standard InChI is InChI=1S/C12H20N2O3S/c15-12(9-2-1-3-9)14-6-4-10-8-13-18(16,17)11(10)5-7-14/h9-11,13H,1-8H2/t10-,11-/m1/s1. The van der Waals surface area contributed by atoms with E-state index in [9.17, 15) is 13.2 Å². The van der Waals surface area contributed by atoms with Crippen LogP contribution in [0.5, 0.6) is 0 Å². The molecule has 1 amide bonds. The monoisotopic (exact) mass is 272 g/mol. The van der Waals surface area contributed by atoms with Gasteiger partial charge in [0, 0.05) is 25.6 Å². The van der Waals surface area contributed by atoms with E-state index in [0.717, 1.165) is 32.2 Å². The van der Waals surface area contributed by atoms with Crippen molar-refractivity contribution in [1.29, 1.82) is 0 Å². The van der Waals surface area contributed by atoms with Crippen LogP contribution in [-0.4, -0.2) is 44.1 Å². The van der Waals surface area contributed by atoms with Gasteiger partial charge < -0.3 is 4.90 Å². The molecule has 3 rings (SSSR count). The van der Waals surface area contributed by atoms with E-state index in [4.69, 9.17) is 0 Å². The normalized spacial score (nSPS) is 35.7. The van der Waals surface area contributed by atoms with Gasteiger partial charge in [0.1, 0.15) is 0 Å². The highest BCUT2D eigenvalue weighted by atomic mass is 32.2. The van der Waals surface area contributed by atoms with Crippen molar-refractivity contribution in [3.05, 3.63) is 0 Å². The number of rotatable bonds is 1. The highest BCUT2D eigenvalue weighted by Gasteiger charge is 2.42. The van der Waals surface area contributed by atoms with Gasteiger partial charge in [-0.3, -0.25) is 4.79 Å². The first-order valence-electron chi connectivity index (χ1n) is 6.85. The van der Waals surface area contributed by atoms with Gasteiger partial charge in [-0.15, -0.1) is 0 Å². The molecule has 0 unspecified atom stereocenters. The number of likely N-dealkylation sites (tertiary alicyclic amines) is 1. The zero-order valence-electron chi connectivity index (χ0n) is 10.5. The lowest BCUT2D eigenvalue weighted by Crippen LogP contribution is -2.40. The molecule has 1 aliphatic carbocycles. The van der Waals surface area contributed by atoms with Gasteiger partial charge in [-0.2, -0.15) is 0 Å². The highest BCUT2D eigenvalue weighted by molar-refractivity contribution is 7.90. The van der Waals surface area contributed by atoms with Crippen LogP contribution in [0.4, 0.5) is 0 Å². The van der Waals surface area contributed by atoms with Gasteiger partial charge in [0.2, 0.25) is 15.9 Å². The van der Waals surface area contributed by atoms with Crippen molar-refractivity contribution < 1.29 is 13.2 Å². The van der Waals surface area contributed by atoms with E-state index < -0.39 is 10.0 Å².